The molecule has 1 aromatic heterocycles. The zero-order chi connectivity index (χ0) is 18.4. The highest BCUT2D eigenvalue weighted by molar-refractivity contribution is 7.13. The first kappa shape index (κ1) is 17.9. The van der Waals surface area contributed by atoms with Gasteiger partial charge in [0.2, 0.25) is 0 Å². The summed E-state index contributed by atoms with van der Waals surface area (Å²) in [5.41, 5.74) is 1.53. The molecule has 0 unspecified atom stereocenters. The normalized spacial score (nSPS) is 10.4. The fourth-order valence-corrected chi connectivity index (χ4v) is 3.02. The van der Waals surface area contributed by atoms with Crippen molar-refractivity contribution >= 4 is 17.3 Å². The zero-order valence-corrected chi connectivity index (χ0v) is 14.8. The number of benzene rings is 2. The number of esters is 1. The molecule has 5 nitrogen and oxygen atoms in total. The molecule has 0 aliphatic heterocycles. The summed E-state index contributed by atoms with van der Waals surface area (Å²) in [6, 6.07) is 13.0. The molecular weight excluding hydrogens is 357 g/mol. The van der Waals surface area contributed by atoms with E-state index >= 15 is 0 Å². The predicted octanol–water partition coefficient (Wildman–Crippen LogP) is 4.08. The monoisotopic (exact) mass is 373 g/mol. The molecule has 7 heteroatoms. The molecule has 0 saturated heterocycles. The van der Waals surface area contributed by atoms with Gasteiger partial charge in [-0.2, -0.15) is 0 Å². The highest BCUT2D eigenvalue weighted by Gasteiger charge is 2.11. The van der Waals surface area contributed by atoms with Gasteiger partial charge in [-0.3, -0.25) is 0 Å². The van der Waals surface area contributed by atoms with Crippen molar-refractivity contribution in [1.29, 1.82) is 0 Å². The van der Waals surface area contributed by atoms with E-state index in [4.69, 9.17) is 14.2 Å². The van der Waals surface area contributed by atoms with Crippen LogP contribution < -0.4 is 9.47 Å². The summed E-state index contributed by atoms with van der Waals surface area (Å²) in [5, 5.41) is 2.62. The van der Waals surface area contributed by atoms with Crippen LogP contribution in [-0.2, 0) is 16.1 Å². The molecular formula is C19H16FNO4S. The van der Waals surface area contributed by atoms with Gasteiger partial charge in [-0.05, 0) is 36.4 Å². The van der Waals surface area contributed by atoms with Crippen molar-refractivity contribution in [2.45, 2.75) is 6.61 Å². The highest BCUT2D eigenvalue weighted by Crippen LogP contribution is 2.31. The van der Waals surface area contributed by atoms with Gasteiger partial charge in [-0.1, -0.05) is 12.1 Å². The molecule has 0 bridgehead atoms. The third-order valence-electron chi connectivity index (χ3n) is 3.44. The van der Waals surface area contributed by atoms with Gasteiger partial charge in [0, 0.05) is 5.38 Å². The molecule has 0 saturated carbocycles. The van der Waals surface area contributed by atoms with Crippen LogP contribution in [0.2, 0.25) is 0 Å². The van der Waals surface area contributed by atoms with Crippen molar-refractivity contribution in [3.8, 4) is 22.1 Å². The van der Waals surface area contributed by atoms with Gasteiger partial charge in [0.25, 0.3) is 0 Å². The lowest BCUT2D eigenvalue weighted by atomic mass is 10.2. The Morgan fingerprint density at radius 3 is 2.69 bits per heavy atom. The van der Waals surface area contributed by atoms with Crippen molar-refractivity contribution in [1.82, 2.24) is 4.98 Å². The van der Waals surface area contributed by atoms with Crippen molar-refractivity contribution in [3.63, 3.8) is 0 Å². The van der Waals surface area contributed by atoms with E-state index in [0.29, 0.717) is 11.4 Å². The largest absolute Gasteiger partial charge is 0.496 e. The minimum Gasteiger partial charge on any atom is -0.496 e. The molecule has 1 heterocycles. The van der Waals surface area contributed by atoms with Crippen LogP contribution in [0, 0.1) is 5.82 Å². The Kier molecular flexibility index (Phi) is 5.80. The molecule has 134 valence electrons. The molecule has 3 rings (SSSR count). The molecule has 2 aromatic carbocycles. The number of nitrogens with zero attached hydrogens (tertiary/aromatic N) is 1. The second kappa shape index (κ2) is 8.44. The standard InChI is InChI=1S/C19H16FNO4S/c1-23-17-5-3-2-4-16(17)19-21-14(12-26-19)10-25-18(22)11-24-15-8-6-13(20)7-9-15/h2-9,12H,10-11H2,1H3. The van der Waals surface area contributed by atoms with Gasteiger partial charge in [0.05, 0.1) is 18.4 Å². The second-order valence-electron chi connectivity index (χ2n) is 5.25. The van der Waals surface area contributed by atoms with Crippen LogP contribution in [0.15, 0.2) is 53.9 Å². The smallest absolute Gasteiger partial charge is 0.344 e. The Bertz CT molecular complexity index is 879. The number of hydrogen-bond acceptors (Lipinski definition) is 6. The Morgan fingerprint density at radius 1 is 1.15 bits per heavy atom. The van der Waals surface area contributed by atoms with Crippen LogP contribution >= 0.6 is 11.3 Å². The maximum absolute atomic E-state index is 12.8. The number of carbonyl (C=O) groups is 1. The highest BCUT2D eigenvalue weighted by atomic mass is 32.1. The van der Waals surface area contributed by atoms with Gasteiger partial charge in [-0.15, -0.1) is 11.3 Å². The van der Waals surface area contributed by atoms with Crippen LogP contribution in [0.3, 0.4) is 0 Å². The summed E-state index contributed by atoms with van der Waals surface area (Å²) in [5.74, 6) is 0.240. The van der Waals surface area contributed by atoms with Gasteiger partial charge in [0.1, 0.15) is 28.9 Å². The van der Waals surface area contributed by atoms with E-state index < -0.39 is 5.97 Å². The fraction of sp³-hybridized carbons (Fsp3) is 0.158. The Morgan fingerprint density at radius 2 is 1.92 bits per heavy atom. The second-order valence-corrected chi connectivity index (χ2v) is 6.11. The van der Waals surface area contributed by atoms with E-state index in [9.17, 15) is 9.18 Å². The van der Waals surface area contributed by atoms with Crippen molar-refractivity contribution < 1.29 is 23.4 Å². The lowest BCUT2D eigenvalue weighted by Gasteiger charge is -2.06. The lowest BCUT2D eigenvalue weighted by Crippen LogP contribution is -2.14. The first-order valence-electron chi connectivity index (χ1n) is 7.77. The quantitative estimate of drug-likeness (QED) is 0.584. The van der Waals surface area contributed by atoms with E-state index in [0.717, 1.165) is 16.3 Å². The summed E-state index contributed by atoms with van der Waals surface area (Å²) in [4.78, 5) is 16.2. The topological polar surface area (TPSA) is 57.7 Å². The maximum atomic E-state index is 12.8. The molecule has 0 aliphatic rings. The summed E-state index contributed by atoms with van der Waals surface area (Å²) < 4.78 is 28.5. The van der Waals surface area contributed by atoms with Crippen LogP contribution in [0.4, 0.5) is 4.39 Å². The number of para-hydroxylation sites is 1. The van der Waals surface area contributed by atoms with Crippen LogP contribution in [0.5, 0.6) is 11.5 Å². The molecule has 0 aliphatic carbocycles. The number of carbonyl (C=O) groups excluding carboxylic acids is 1. The Balaban J connectivity index is 1.53. The van der Waals surface area contributed by atoms with E-state index in [2.05, 4.69) is 4.98 Å². The molecule has 3 aromatic rings. The SMILES string of the molecule is COc1ccccc1-c1nc(COC(=O)COc2ccc(F)cc2)cs1. The minimum absolute atomic E-state index is 0.0528. The summed E-state index contributed by atoms with van der Waals surface area (Å²) in [6.07, 6.45) is 0. The lowest BCUT2D eigenvalue weighted by molar-refractivity contribution is -0.147. The molecule has 0 atom stereocenters. The zero-order valence-electron chi connectivity index (χ0n) is 14.0. The number of thiazole rings is 1. The number of hydrogen-bond donors (Lipinski definition) is 0. The first-order valence-corrected chi connectivity index (χ1v) is 8.65. The Hall–Kier alpha value is -2.93. The maximum Gasteiger partial charge on any atom is 0.344 e. The number of aromatic nitrogens is 1. The number of rotatable bonds is 7. The Labute approximate surface area is 154 Å². The third kappa shape index (κ3) is 4.58. The number of ether oxygens (including phenoxy) is 3. The molecule has 0 radical (unpaired) electrons. The predicted molar refractivity (Wildman–Crippen MR) is 95.8 cm³/mol. The van der Waals surface area contributed by atoms with E-state index in [1.54, 1.807) is 7.11 Å². The average Bonchev–Trinajstić information content (AvgIpc) is 3.14. The average molecular weight is 373 g/mol. The molecule has 0 spiro atoms. The first-order chi connectivity index (χ1) is 12.7. The van der Waals surface area contributed by atoms with Gasteiger partial charge in [0.15, 0.2) is 6.61 Å². The molecule has 0 fully saturated rings. The van der Waals surface area contributed by atoms with Gasteiger partial charge in [-0.25, -0.2) is 14.2 Å². The molecule has 26 heavy (non-hydrogen) atoms. The molecule has 0 N–H and O–H groups in total. The van der Waals surface area contributed by atoms with Gasteiger partial charge >= 0.3 is 5.97 Å². The summed E-state index contributed by atoms with van der Waals surface area (Å²) >= 11 is 1.45. The molecule has 0 amide bonds. The van der Waals surface area contributed by atoms with E-state index in [-0.39, 0.29) is 19.0 Å². The van der Waals surface area contributed by atoms with Crippen LogP contribution in [0.1, 0.15) is 5.69 Å². The van der Waals surface area contributed by atoms with Crippen LogP contribution in [0.25, 0.3) is 10.6 Å². The van der Waals surface area contributed by atoms with Crippen molar-refractivity contribution in [2.75, 3.05) is 13.7 Å². The van der Waals surface area contributed by atoms with Gasteiger partial charge < -0.3 is 14.2 Å². The van der Waals surface area contributed by atoms with Crippen molar-refractivity contribution in [3.05, 3.63) is 65.4 Å². The van der Waals surface area contributed by atoms with E-state index in [1.807, 2.05) is 29.6 Å². The third-order valence-corrected chi connectivity index (χ3v) is 4.36. The fourth-order valence-electron chi connectivity index (χ4n) is 2.19. The van der Waals surface area contributed by atoms with Crippen molar-refractivity contribution in [2.24, 2.45) is 0 Å². The number of halogens is 1. The van der Waals surface area contributed by atoms with Crippen LogP contribution in [-0.4, -0.2) is 24.7 Å². The van der Waals surface area contributed by atoms with E-state index in [1.165, 1.54) is 35.6 Å². The summed E-state index contributed by atoms with van der Waals surface area (Å²) in [6.45, 7) is -0.202. The summed E-state index contributed by atoms with van der Waals surface area (Å²) in [7, 11) is 1.61. The minimum atomic E-state index is -0.527. The number of methoxy groups -OCH3 is 1.